The number of likely N-dealkylation sites (N-methyl/N-ethyl adjacent to an activating group) is 1. The lowest BCUT2D eigenvalue weighted by molar-refractivity contribution is 0.0767. The number of likely N-dealkylation sites (tertiary alicyclic amines) is 1. The normalized spacial score (nSPS) is 19.8. The number of nitrogens with zero attached hydrogens (tertiary/aromatic N) is 9. The van der Waals surface area contributed by atoms with Crippen molar-refractivity contribution in [3.63, 3.8) is 0 Å². The monoisotopic (exact) mass is 633 g/mol. The highest BCUT2D eigenvalue weighted by molar-refractivity contribution is 5.91. The number of ether oxygens (including phenoxy) is 2. The largest absolute Gasteiger partial charge is 0.462 e. The minimum Gasteiger partial charge on any atom is -0.462 e. The Labute approximate surface area is 274 Å². The number of aromatic nitrogens is 4. The molecule has 0 unspecified atom stereocenters. The lowest BCUT2D eigenvalue weighted by Crippen LogP contribution is -2.55. The van der Waals surface area contributed by atoms with E-state index in [1.54, 1.807) is 11.1 Å². The summed E-state index contributed by atoms with van der Waals surface area (Å²) in [5.74, 6) is 1.65. The van der Waals surface area contributed by atoms with E-state index in [2.05, 4.69) is 44.1 Å². The minimum absolute atomic E-state index is 0.188. The lowest BCUT2D eigenvalue weighted by atomic mass is 10.0. The maximum Gasteiger partial charge on any atom is 0.410 e. The van der Waals surface area contributed by atoms with Gasteiger partial charge in [0.2, 0.25) is 0 Å². The number of piperazine rings is 1. The van der Waals surface area contributed by atoms with Crippen molar-refractivity contribution in [1.29, 1.82) is 5.26 Å². The molecule has 0 aliphatic carbocycles. The molecule has 12 nitrogen and oxygen atoms in total. The Bertz CT molecular complexity index is 1760. The van der Waals surface area contributed by atoms with Crippen LogP contribution in [0.1, 0.15) is 36.1 Å². The molecule has 0 spiro atoms. The molecule has 0 saturated carbocycles. The number of amides is 1. The van der Waals surface area contributed by atoms with Crippen LogP contribution >= 0.6 is 0 Å². The first kappa shape index (κ1) is 30.6. The quantitative estimate of drug-likeness (QED) is 0.277. The Kier molecular flexibility index (Phi) is 8.97. The third kappa shape index (κ3) is 6.62. The third-order valence-corrected chi connectivity index (χ3v) is 9.50. The van der Waals surface area contributed by atoms with Gasteiger partial charge >= 0.3 is 12.1 Å². The Morgan fingerprint density at radius 2 is 1.83 bits per heavy atom. The molecule has 47 heavy (non-hydrogen) atoms. The van der Waals surface area contributed by atoms with E-state index in [0.717, 1.165) is 65.2 Å². The van der Waals surface area contributed by atoms with Crippen molar-refractivity contribution < 1.29 is 14.3 Å². The first-order chi connectivity index (χ1) is 23.1. The second-order valence-corrected chi connectivity index (χ2v) is 12.5. The molecule has 0 radical (unpaired) electrons. The van der Waals surface area contributed by atoms with E-state index in [1.807, 2.05) is 48.5 Å². The summed E-state index contributed by atoms with van der Waals surface area (Å²) >= 11 is 0. The van der Waals surface area contributed by atoms with Crippen LogP contribution in [-0.2, 0) is 24.3 Å². The van der Waals surface area contributed by atoms with Gasteiger partial charge in [-0.1, -0.05) is 54.6 Å². The van der Waals surface area contributed by atoms with E-state index in [-0.39, 0.29) is 19.1 Å². The Morgan fingerprint density at radius 1 is 0.979 bits per heavy atom. The fraction of sp³-hybridized carbons (Fsp3) is 0.429. The summed E-state index contributed by atoms with van der Waals surface area (Å²) < 4.78 is 12.0. The lowest BCUT2D eigenvalue weighted by Gasteiger charge is -2.41. The van der Waals surface area contributed by atoms with Crippen molar-refractivity contribution in [1.82, 2.24) is 30.0 Å². The number of benzene rings is 2. The fourth-order valence-electron chi connectivity index (χ4n) is 6.87. The number of carbonyl (C=O) groups excluding carboxylic acids is 1. The van der Waals surface area contributed by atoms with Gasteiger partial charge in [-0.15, -0.1) is 5.10 Å². The average Bonchev–Trinajstić information content (AvgIpc) is 3.53. The van der Waals surface area contributed by atoms with Gasteiger partial charge < -0.3 is 29.1 Å². The van der Waals surface area contributed by atoms with E-state index in [1.165, 1.54) is 0 Å². The summed E-state index contributed by atoms with van der Waals surface area (Å²) in [5, 5.41) is 20.6. The molecule has 2 saturated heterocycles. The number of carbonyl (C=O) groups is 1. The van der Waals surface area contributed by atoms with E-state index in [4.69, 9.17) is 19.4 Å². The number of nitriles is 1. The number of fused-ring (bicyclic) bond motifs is 2. The van der Waals surface area contributed by atoms with E-state index >= 15 is 0 Å². The standard InChI is InChI=1S/C35H39N9O3/c1-41-16-7-11-28(41)24-46-34-38-31-22-42(33-29-12-6-5-10-26(29)20-37-40-33)17-14-30(31)32(39-34)43-18-19-44(27(21-43)13-15-36)35(45)47-23-25-8-3-2-4-9-25/h2-6,8-10,12,20,27-28H,7,11,13-14,16-19,21-24H2,1H3/t27-,28-/m0/s1. The van der Waals surface area contributed by atoms with Crippen molar-refractivity contribution in [3.05, 3.63) is 77.6 Å². The first-order valence-electron chi connectivity index (χ1n) is 16.3. The molecule has 2 aromatic carbocycles. The fourth-order valence-corrected chi connectivity index (χ4v) is 6.87. The molecule has 3 aliphatic heterocycles. The maximum atomic E-state index is 13.2. The first-order valence-corrected chi connectivity index (χ1v) is 16.3. The molecular formula is C35H39N9O3. The van der Waals surface area contributed by atoms with E-state index in [9.17, 15) is 10.1 Å². The van der Waals surface area contributed by atoms with Gasteiger partial charge in [-0.25, -0.2) is 4.79 Å². The molecule has 4 aromatic rings. The zero-order valence-electron chi connectivity index (χ0n) is 26.7. The summed E-state index contributed by atoms with van der Waals surface area (Å²) in [7, 11) is 2.13. The van der Waals surface area contributed by atoms with E-state index in [0.29, 0.717) is 51.3 Å². The van der Waals surface area contributed by atoms with Gasteiger partial charge in [0.25, 0.3) is 0 Å². The highest BCUT2D eigenvalue weighted by Gasteiger charge is 2.35. The smallest absolute Gasteiger partial charge is 0.410 e. The zero-order valence-corrected chi connectivity index (χ0v) is 26.7. The van der Waals surface area contributed by atoms with Crippen LogP contribution in [-0.4, -0.2) is 94.5 Å². The van der Waals surface area contributed by atoms with Crippen LogP contribution in [0.4, 0.5) is 16.4 Å². The van der Waals surface area contributed by atoms with Gasteiger partial charge in [0.05, 0.1) is 37.0 Å². The van der Waals surface area contributed by atoms with Crippen molar-refractivity contribution >= 4 is 28.5 Å². The second-order valence-electron chi connectivity index (χ2n) is 12.5. The Hall–Kier alpha value is -5.02. The van der Waals surface area contributed by atoms with Gasteiger partial charge in [0.15, 0.2) is 5.82 Å². The molecule has 12 heteroatoms. The third-order valence-electron chi connectivity index (χ3n) is 9.50. The van der Waals surface area contributed by atoms with Crippen LogP contribution in [0.5, 0.6) is 6.01 Å². The highest BCUT2D eigenvalue weighted by Crippen LogP contribution is 2.34. The molecule has 2 aromatic heterocycles. The highest BCUT2D eigenvalue weighted by atomic mass is 16.6. The van der Waals surface area contributed by atoms with Crippen LogP contribution in [0.2, 0.25) is 0 Å². The van der Waals surface area contributed by atoms with Crippen molar-refractivity contribution in [3.8, 4) is 12.1 Å². The molecule has 5 heterocycles. The van der Waals surface area contributed by atoms with Crippen molar-refractivity contribution in [2.75, 3.05) is 56.2 Å². The van der Waals surface area contributed by atoms with Gasteiger partial charge in [-0.05, 0) is 38.4 Å². The Balaban J connectivity index is 1.15. The number of hydrogen-bond donors (Lipinski definition) is 0. The summed E-state index contributed by atoms with van der Waals surface area (Å²) in [6.07, 6.45) is 4.52. The molecule has 2 fully saturated rings. The summed E-state index contributed by atoms with van der Waals surface area (Å²) in [5.41, 5.74) is 2.88. The van der Waals surface area contributed by atoms with Crippen LogP contribution in [0, 0.1) is 11.3 Å². The van der Waals surface area contributed by atoms with Crippen molar-refractivity contribution in [2.24, 2.45) is 0 Å². The molecular weight excluding hydrogens is 594 g/mol. The average molecular weight is 634 g/mol. The van der Waals surface area contributed by atoms with Crippen molar-refractivity contribution in [2.45, 2.75) is 50.9 Å². The predicted octanol–water partition coefficient (Wildman–Crippen LogP) is 4.20. The topological polar surface area (TPSA) is 124 Å². The summed E-state index contributed by atoms with van der Waals surface area (Å²) in [6, 6.07) is 20.4. The van der Waals surface area contributed by atoms with Crippen LogP contribution < -0.4 is 14.5 Å². The molecule has 242 valence electrons. The number of hydrogen-bond acceptors (Lipinski definition) is 11. The molecule has 1 amide bonds. The zero-order chi connectivity index (χ0) is 32.2. The van der Waals surface area contributed by atoms with Gasteiger partial charge in [-0.3, -0.25) is 0 Å². The molecule has 7 rings (SSSR count). The second kappa shape index (κ2) is 13.8. The van der Waals surface area contributed by atoms with E-state index < -0.39 is 6.09 Å². The minimum atomic E-state index is -0.407. The van der Waals surface area contributed by atoms with Crippen LogP contribution in [0.3, 0.4) is 0 Å². The molecule has 0 bridgehead atoms. The predicted molar refractivity (Wildman–Crippen MR) is 177 cm³/mol. The number of anilines is 2. The van der Waals surface area contributed by atoms with Gasteiger partial charge in [0, 0.05) is 48.6 Å². The van der Waals surface area contributed by atoms with Gasteiger partial charge in [-0.2, -0.15) is 20.3 Å². The SMILES string of the molecule is CN1CCC[C@H]1COc1nc2c(c(N3CCN(C(=O)OCc4ccccc4)[C@@H](CC#N)C3)n1)CCN(c1nncc3ccccc13)C2. The van der Waals surface area contributed by atoms with Crippen LogP contribution in [0.25, 0.3) is 10.8 Å². The Morgan fingerprint density at radius 3 is 2.66 bits per heavy atom. The molecule has 2 atom stereocenters. The maximum absolute atomic E-state index is 13.2. The molecule has 3 aliphatic rings. The van der Waals surface area contributed by atoms with Crippen LogP contribution in [0.15, 0.2) is 60.8 Å². The molecule has 0 N–H and O–H groups in total. The summed E-state index contributed by atoms with van der Waals surface area (Å²) in [6.45, 7) is 4.46. The number of rotatable bonds is 8. The van der Waals surface area contributed by atoms with Gasteiger partial charge in [0.1, 0.15) is 19.0 Å². The summed E-state index contributed by atoms with van der Waals surface area (Å²) in [4.78, 5) is 31.6.